The molecule has 2 N–H and O–H groups in total. The van der Waals surface area contributed by atoms with Gasteiger partial charge in [0, 0.05) is 6.07 Å². The third kappa shape index (κ3) is 2.91. The number of aromatic nitrogens is 4. The molecule has 1 aromatic heterocycles. The van der Waals surface area contributed by atoms with Crippen LogP contribution in [0.15, 0.2) is 12.1 Å². The maximum atomic E-state index is 6.16. The summed E-state index contributed by atoms with van der Waals surface area (Å²) < 4.78 is 12.4. The third-order valence-corrected chi connectivity index (χ3v) is 3.43. The van der Waals surface area contributed by atoms with E-state index in [1.807, 2.05) is 6.07 Å². The van der Waals surface area contributed by atoms with Crippen LogP contribution in [-0.4, -0.2) is 34.4 Å². The van der Waals surface area contributed by atoms with Crippen LogP contribution in [0, 0.1) is 0 Å². The first-order chi connectivity index (χ1) is 10.1. The van der Waals surface area contributed by atoms with E-state index in [9.17, 15) is 0 Å². The number of methoxy groups -OCH3 is 2. The van der Waals surface area contributed by atoms with Gasteiger partial charge in [0.15, 0.2) is 5.82 Å². The summed E-state index contributed by atoms with van der Waals surface area (Å²) in [4.78, 5) is 0. The number of hydrogen-bond acceptors (Lipinski definition) is 6. The minimum Gasteiger partial charge on any atom is -0.497 e. The lowest BCUT2D eigenvalue weighted by Gasteiger charge is -2.15. The van der Waals surface area contributed by atoms with Crippen LogP contribution in [0.4, 0.5) is 5.69 Å². The Labute approximate surface area is 124 Å². The molecule has 1 unspecified atom stereocenters. The Morgan fingerprint density at radius 2 is 2.05 bits per heavy atom. The molecular formula is C14H21N5O2. The first-order valence-corrected chi connectivity index (χ1v) is 6.92. The predicted molar refractivity (Wildman–Crippen MR) is 80.4 cm³/mol. The second-order valence-corrected chi connectivity index (χ2v) is 4.88. The van der Waals surface area contributed by atoms with Crippen molar-refractivity contribution in [3.05, 3.63) is 12.1 Å². The highest BCUT2D eigenvalue weighted by Crippen LogP contribution is 2.37. The summed E-state index contributed by atoms with van der Waals surface area (Å²) in [5.74, 6) is 1.81. The van der Waals surface area contributed by atoms with Gasteiger partial charge in [0.25, 0.3) is 0 Å². The molecule has 2 aromatic rings. The van der Waals surface area contributed by atoms with E-state index in [2.05, 4.69) is 29.4 Å². The lowest BCUT2D eigenvalue weighted by Crippen LogP contribution is -2.10. The molecule has 0 saturated heterocycles. The van der Waals surface area contributed by atoms with Crippen LogP contribution in [0.3, 0.4) is 0 Å². The van der Waals surface area contributed by atoms with Crippen molar-refractivity contribution in [2.45, 2.75) is 32.7 Å². The van der Waals surface area contributed by atoms with Gasteiger partial charge in [0.05, 0.1) is 31.5 Å². The number of hydrogen-bond donors (Lipinski definition) is 1. The van der Waals surface area contributed by atoms with Crippen LogP contribution >= 0.6 is 0 Å². The standard InChI is InChI=1S/C14H21N5O2/c1-5-6-9(2)19-14(16-17-18-19)11-7-10(20-3)8-12(21-4)13(11)15/h7-9H,5-6,15H2,1-4H3. The molecule has 1 heterocycles. The summed E-state index contributed by atoms with van der Waals surface area (Å²) in [5, 5.41) is 12.0. The minimum absolute atomic E-state index is 0.191. The zero-order valence-corrected chi connectivity index (χ0v) is 12.8. The van der Waals surface area contributed by atoms with Crippen molar-refractivity contribution in [1.29, 1.82) is 0 Å². The molecule has 0 bridgehead atoms. The highest BCUT2D eigenvalue weighted by molar-refractivity contribution is 5.78. The molecule has 1 aromatic carbocycles. The maximum Gasteiger partial charge on any atom is 0.184 e. The van der Waals surface area contributed by atoms with Gasteiger partial charge in [0.1, 0.15) is 11.5 Å². The lowest BCUT2D eigenvalue weighted by molar-refractivity contribution is 0.395. The lowest BCUT2D eigenvalue weighted by atomic mass is 10.1. The molecule has 0 aliphatic rings. The second kappa shape index (κ2) is 6.43. The Bertz CT molecular complexity index is 611. The van der Waals surface area contributed by atoms with Crippen molar-refractivity contribution < 1.29 is 9.47 Å². The normalized spacial score (nSPS) is 12.2. The summed E-state index contributed by atoms with van der Waals surface area (Å²) >= 11 is 0. The molecule has 114 valence electrons. The van der Waals surface area contributed by atoms with Crippen molar-refractivity contribution in [2.24, 2.45) is 0 Å². The van der Waals surface area contributed by atoms with Gasteiger partial charge >= 0.3 is 0 Å². The van der Waals surface area contributed by atoms with Crippen LogP contribution in [0.5, 0.6) is 11.5 Å². The van der Waals surface area contributed by atoms with Crippen LogP contribution < -0.4 is 15.2 Å². The van der Waals surface area contributed by atoms with E-state index < -0.39 is 0 Å². The number of anilines is 1. The highest BCUT2D eigenvalue weighted by Gasteiger charge is 2.19. The molecular weight excluding hydrogens is 270 g/mol. The van der Waals surface area contributed by atoms with E-state index in [1.165, 1.54) is 0 Å². The highest BCUT2D eigenvalue weighted by atomic mass is 16.5. The molecule has 21 heavy (non-hydrogen) atoms. The molecule has 0 spiro atoms. The van der Waals surface area contributed by atoms with Gasteiger partial charge in [-0.3, -0.25) is 0 Å². The van der Waals surface area contributed by atoms with Crippen LogP contribution in [0.2, 0.25) is 0 Å². The van der Waals surface area contributed by atoms with Crippen molar-refractivity contribution in [3.8, 4) is 22.9 Å². The number of ether oxygens (including phenoxy) is 2. The van der Waals surface area contributed by atoms with E-state index in [0.29, 0.717) is 28.6 Å². The Balaban J connectivity index is 2.54. The third-order valence-electron chi connectivity index (χ3n) is 3.43. The number of rotatable bonds is 6. The Morgan fingerprint density at radius 3 is 2.67 bits per heavy atom. The Hall–Kier alpha value is -2.31. The molecule has 7 heteroatoms. The van der Waals surface area contributed by atoms with Crippen molar-refractivity contribution >= 4 is 5.69 Å². The number of nitrogen functional groups attached to an aromatic ring is 1. The van der Waals surface area contributed by atoms with Gasteiger partial charge in [-0.2, -0.15) is 0 Å². The number of nitrogens with two attached hydrogens (primary N) is 1. The average Bonchev–Trinajstić information content (AvgIpc) is 2.97. The zero-order chi connectivity index (χ0) is 15.4. The van der Waals surface area contributed by atoms with Crippen molar-refractivity contribution in [2.75, 3.05) is 20.0 Å². The number of tetrazole rings is 1. The average molecular weight is 291 g/mol. The summed E-state index contributed by atoms with van der Waals surface area (Å²) in [7, 11) is 3.16. The van der Waals surface area contributed by atoms with Gasteiger partial charge in [-0.15, -0.1) is 5.10 Å². The van der Waals surface area contributed by atoms with Gasteiger partial charge in [-0.25, -0.2) is 4.68 Å². The van der Waals surface area contributed by atoms with Crippen molar-refractivity contribution in [3.63, 3.8) is 0 Å². The van der Waals surface area contributed by atoms with Gasteiger partial charge in [0.2, 0.25) is 0 Å². The van der Waals surface area contributed by atoms with E-state index in [4.69, 9.17) is 15.2 Å². The summed E-state index contributed by atoms with van der Waals surface area (Å²) in [6, 6.07) is 3.75. The molecule has 7 nitrogen and oxygen atoms in total. The molecule has 0 amide bonds. The Kier molecular flexibility index (Phi) is 4.62. The first-order valence-electron chi connectivity index (χ1n) is 6.92. The maximum absolute atomic E-state index is 6.16. The summed E-state index contributed by atoms with van der Waals surface area (Å²) in [5.41, 5.74) is 7.37. The smallest absolute Gasteiger partial charge is 0.184 e. The zero-order valence-electron chi connectivity index (χ0n) is 12.8. The molecule has 0 saturated carbocycles. The quantitative estimate of drug-likeness (QED) is 0.822. The molecule has 1 atom stereocenters. The topological polar surface area (TPSA) is 88.1 Å². The first kappa shape index (κ1) is 15.1. The largest absolute Gasteiger partial charge is 0.497 e. The van der Waals surface area contributed by atoms with E-state index in [1.54, 1.807) is 25.0 Å². The molecule has 0 fully saturated rings. The SMILES string of the molecule is CCCC(C)n1nnnc1-c1cc(OC)cc(OC)c1N. The van der Waals surface area contributed by atoms with E-state index in [-0.39, 0.29) is 6.04 Å². The molecule has 0 radical (unpaired) electrons. The predicted octanol–water partition coefficient (Wildman–Crippen LogP) is 2.30. The fraction of sp³-hybridized carbons (Fsp3) is 0.500. The number of nitrogens with zero attached hydrogens (tertiary/aromatic N) is 4. The fourth-order valence-corrected chi connectivity index (χ4v) is 2.28. The van der Waals surface area contributed by atoms with Gasteiger partial charge in [-0.1, -0.05) is 13.3 Å². The van der Waals surface area contributed by atoms with E-state index >= 15 is 0 Å². The van der Waals surface area contributed by atoms with Crippen LogP contribution in [-0.2, 0) is 0 Å². The monoisotopic (exact) mass is 291 g/mol. The summed E-state index contributed by atoms with van der Waals surface area (Å²) in [6.07, 6.45) is 2.04. The molecule has 2 rings (SSSR count). The van der Waals surface area contributed by atoms with E-state index in [0.717, 1.165) is 12.8 Å². The Morgan fingerprint density at radius 1 is 1.29 bits per heavy atom. The van der Waals surface area contributed by atoms with Crippen LogP contribution in [0.25, 0.3) is 11.4 Å². The second-order valence-electron chi connectivity index (χ2n) is 4.88. The molecule has 0 aliphatic heterocycles. The van der Waals surface area contributed by atoms with Crippen molar-refractivity contribution in [1.82, 2.24) is 20.2 Å². The molecule has 0 aliphatic carbocycles. The fourth-order valence-electron chi connectivity index (χ4n) is 2.28. The summed E-state index contributed by atoms with van der Waals surface area (Å²) in [6.45, 7) is 4.21. The van der Waals surface area contributed by atoms with Crippen LogP contribution in [0.1, 0.15) is 32.7 Å². The number of benzene rings is 1. The minimum atomic E-state index is 0.191. The van der Waals surface area contributed by atoms with Gasteiger partial charge < -0.3 is 15.2 Å². The van der Waals surface area contributed by atoms with Gasteiger partial charge in [-0.05, 0) is 29.8 Å².